The van der Waals surface area contributed by atoms with Crippen molar-refractivity contribution in [1.29, 1.82) is 0 Å². The molecule has 0 unspecified atom stereocenters. The Bertz CT molecular complexity index is 587. The van der Waals surface area contributed by atoms with Crippen LogP contribution in [-0.4, -0.2) is 42.1 Å². The van der Waals surface area contributed by atoms with Gasteiger partial charge in [0, 0.05) is 62.5 Å². The molecule has 1 saturated heterocycles. The highest BCUT2D eigenvalue weighted by Gasteiger charge is 2.18. The van der Waals surface area contributed by atoms with E-state index in [-0.39, 0.29) is 0 Å². The van der Waals surface area contributed by atoms with E-state index in [4.69, 9.17) is 0 Å². The first-order valence-electron chi connectivity index (χ1n) is 8.44. The molecule has 0 amide bonds. The smallest absolute Gasteiger partial charge is 0.0416 e. The van der Waals surface area contributed by atoms with Gasteiger partial charge in [0.25, 0.3) is 0 Å². The summed E-state index contributed by atoms with van der Waals surface area (Å²) in [7, 11) is 0. The van der Waals surface area contributed by atoms with Crippen molar-refractivity contribution in [2.75, 3.05) is 36.4 Å². The lowest BCUT2D eigenvalue weighted by Crippen LogP contribution is -2.48. The minimum Gasteiger partial charge on any atom is -0.381 e. The number of nitrogens with one attached hydrogen (secondary N) is 1. The molecule has 3 rings (SSSR count). The monoisotopic (exact) mass is 310 g/mol. The summed E-state index contributed by atoms with van der Waals surface area (Å²) in [6.45, 7) is 9.88. The Morgan fingerprint density at radius 3 is 2.39 bits per heavy atom. The van der Waals surface area contributed by atoms with Gasteiger partial charge in [-0.1, -0.05) is 6.07 Å². The lowest BCUT2D eigenvalue weighted by atomic mass is 10.2. The van der Waals surface area contributed by atoms with Crippen molar-refractivity contribution in [2.45, 2.75) is 26.4 Å². The largest absolute Gasteiger partial charge is 0.381 e. The molecular weight excluding hydrogens is 284 g/mol. The molecule has 1 fully saturated rings. The van der Waals surface area contributed by atoms with E-state index < -0.39 is 0 Å². The molecule has 2 heterocycles. The van der Waals surface area contributed by atoms with Crippen molar-refractivity contribution in [3.8, 4) is 0 Å². The predicted octanol–water partition coefficient (Wildman–Crippen LogP) is 3.22. The first kappa shape index (κ1) is 15.8. The molecule has 1 aliphatic heterocycles. The normalized spacial score (nSPS) is 15.9. The van der Waals surface area contributed by atoms with Crippen LogP contribution in [0.25, 0.3) is 0 Å². The Kier molecular flexibility index (Phi) is 5.13. The number of aromatic nitrogens is 1. The van der Waals surface area contributed by atoms with Crippen molar-refractivity contribution < 1.29 is 0 Å². The van der Waals surface area contributed by atoms with Crippen LogP contribution in [0.5, 0.6) is 0 Å². The molecule has 0 atom stereocenters. The third kappa shape index (κ3) is 4.23. The van der Waals surface area contributed by atoms with Gasteiger partial charge in [-0.25, -0.2) is 0 Å². The van der Waals surface area contributed by atoms with Gasteiger partial charge in [0.05, 0.1) is 0 Å². The second-order valence-electron chi connectivity index (χ2n) is 6.38. The van der Waals surface area contributed by atoms with Crippen LogP contribution < -0.4 is 10.2 Å². The summed E-state index contributed by atoms with van der Waals surface area (Å²) in [6, 6.07) is 13.5. The van der Waals surface area contributed by atoms with Crippen molar-refractivity contribution in [2.24, 2.45) is 0 Å². The van der Waals surface area contributed by atoms with Crippen molar-refractivity contribution >= 4 is 11.4 Å². The van der Waals surface area contributed by atoms with Crippen LogP contribution in [0.3, 0.4) is 0 Å². The molecule has 1 aliphatic rings. The Balaban J connectivity index is 1.53. The predicted molar refractivity (Wildman–Crippen MR) is 96.9 cm³/mol. The first-order chi connectivity index (χ1) is 11.2. The molecule has 0 bridgehead atoms. The fourth-order valence-corrected chi connectivity index (χ4v) is 2.99. The third-order valence-electron chi connectivity index (χ3n) is 4.50. The number of benzene rings is 1. The lowest BCUT2D eigenvalue weighted by molar-refractivity contribution is 0.209. The minimum atomic E-state index is 0.649. The van der Waals surface area contributed by atoms with Gasteiger partial charge in [-0.05, 0) is 49.7 Å². The number of anilines is 2. The maximum Gasteiger partial charge on any atom is 0.0416 e. The number of hydrogen-bond donors (Lipinski definition) is 1. The second kappa shape index (κ2) is 7.47. The Morgan fingerprint density at radius 2 is 1.78 bits per heavy atom. The van der Waals surface area contributed by atoms with Gasteiger partial charge in [0.1, 0.15) is 0 Å². The van der Waals surface area contributed by atoms with Crippen molar-refractivity contribution in [3.63, 3.8) is 0 Å². The Hall–Kier alpha value is -2.07. The zero-order valence-electron chi connectivity index (χ0n) is 14.1. The standard InChI is InChI=1S/C19H26N4/c1-16(2)22-10-12-23(13-11-22)19-7-5-18(6-8-19)21-15-17-4-3-9-20-14-17/h3-9,14,16,21H,10-13,15H2,1-2H3. The van der Waals surface area contributed by atoms with Crippen LogP contribution in [0.4, 0.5) is 11.4 Å². The van der Waals surface area contributed by atoms with Crippen molar-refractivity contribution in [3.05, 3.63) is 54.4 Å². The highest BCUT2D eigenvalue weighted by atomic mass is 15.3. The van der Waals surface area contributed by atoms with E-state index in [2.05, 4.69) is 64.3 Å². The number of rotatable bonds is 5. The maximum absolute atomic E-state index is 4.14. The fourth-order valence-electron chi connectivity index (χ4n) is 2.99. The molecular formula is C19H26N4. The molecule has 1 aromatic heterocycles. The van der Waals surface area contributed by atoms with E-state index in [1.54, 1.807) is 6.20 Å². The summed E-state index contributed by atoms with van der Waals surface area (Å²) in [5.41, 5.74) is 3.67. The van der Waals surface area contributed by atoms with E-state index in [0.29, 0.717) is 6.04 Å². The first-order valence-corrected chi connectivity index (χ1v) is 8.44. The topological polar surface area (TPSA) is 31.4 Å². The third-order valence-corrected chi connectivity index (χ3v) is 4.50. The van der Waals surface area contributed by atoms with Gasteiger partial charge < -0.3 is 10.2 Å². The molecule has 0 radical (unpaired) electrons. The van der Waals surface area contributed by atoms with E-state index in [0.717, 1.165) is 38.4 Å². The molecule has 1 aromatic carbocycles. The van der Waals surface area contributed by atoms with E-state index in [1.165, 1.54) is 11.3 Å². The van der Waals surface area contributed by atoms with Crippen LogP contribution in [-0.2, 0) is 6.54 Å². The van der Waals surface area contributed by atoms with Gasteiger partial charge in [-0.15, -0.1) is 0 Å². The molecule has 2 aromatic rings. The average molecular weight is 310 g/mol. The second-order valence-corrected chi connectivity index (χ2v) is 6.38. The molecule has 0 spiro atoms. The summed E-state index contributed by atoms with van der Waals surface area (Å²) in [5, 5.41) is 3.45. The quantitative estimate of drug-likeness (QED) is 0.919. The summed E-state index contributed by atoms with van der Waals surface area (Å²) in [5.74, 6) is 0. The van der Waals surface area contributed by atoms with Gasteiger partial charge in [0.15, 0.2) is 0 Å². The zero-order valence-corrected chi connectivity index (χ0v) is 14.1. The number of nitrogens with zero attached hydrogens (tertiary/aromatic N) is 3. The average Bonchev–Trinajstić information content (AvgIpc) is 2.61. The van der Waals surface area contributed by atoms with Crippen LogP contribution in [0.1, 0.15) is 19.4 Å². The van der Waals surface area contributed by atoms with Crippen LogP contribution in [0.15, 0.2) is 48.8 Å². The minimum absolute atomic E-state index is 0.649. The molecule has 4 heteroatoms. The van der Waals surface area contributed by atoms with Crippen LogP contribution >= 0.6 is 0 Å². The molecule has 122 valence electrons. The number of piperazine rings is 1. The summed E-state index contributed by atoms with van der Waals surface area (Å²) >= 11 is 0. The molecule has 0 aliphatic carbocycles. The maximum atomic E-state index is 4.14. The van der Waals surface area contributed by atoms with Gasteiger partial charge >= 0.3 is 0 Å². The highest BCUT2D eigenvalue weighted by Crippen LogP contribution is 2.20. The summed E-state index contributed by atoms with van der Waals surface area (Å²) in [4.78, 5) is 9.16. The SMILES string of the molecule is CC(C)N1CCN(c2ccc(NCc3cccnc3)cc2)CC1. The van der Waals surface area contributed by atoms with Crippen LogP contribution in [0.2, 0.25) is 0 Å². The summed E-state index contributed by atoms with van der Waals surface area (Å²) < 4.78 is 0. The number of hydrogen-bond acceptors (Lipinski definition) is 4. The molecule has 23 heavy (non-hydrogen) atoms. The van der Waals surface area contributed by atoms with E-state index >= 15 is 0 Å². The fraction of sp³-hybridized carbons (Fsp3) is 0.421. The van der Waals surface area contributed by atoms with Crippen LogP contribution in [0, 0.1) is 0 Å². The Labute approximate surface area is 139 Å². The van der Waals surface area contributed by atoms with Gasteiger partial charge in [-0.3, -0.25) is 9.88 Å². The van der Waals surface area contributed by atoms with Crippen molar-refractivity contribution in [1.82, 2.24) is 9.88 Å². The lowest BCUT2D eigenvalue weighted by Gasteiger charge is -2.38. The van der Waals surface area contributed by atoms with E-state index in [9.17, 15) is 0 Å². The molecule has 1 N–H and O–H groups in total. The van der Waals surface area contributed by atoms with Gasteiger partial charge in [-0.2, -0.15) is 0 Å². The molecule has 0 saturated carbocycles. The number of pyridine rings is 1. The van der Waals surface area contributed by atoms with Gasteiger partial charge in [0.2, 0.25) is 0 Å². The zero-order chi connectivity index (χ0) is 16.1. The Morgan fingerprint density at radius 1 is 1.04 bits per heavy atom. The van der Waals surface area contributed by atoms with E-state index in [1.807, 2.05) is 12.3 Å². The molecule has 4 nitrogen and oxygen atoms in total. The summed E-state index contributed by atoms with van der Waals surface area (Å²) in [6.07, 6.45) is 3.70. The highest BCUT2D eigenvalue weighted by molar-refractivity contribution is 5.55.